The summed E-state index contributed by atoms with van der Waals surface area (Å²) in [6.45, 7) is 3.66. The van der Waals surface area contributed by atoms with E-state index in [1.165, 1.54) is 0 Å². The molecule has 2 aromatic heterocycles. The standard InChI is InChI=1S/C18H17ClN2O4/c1-11-3-7-16(20-10-11)18(2,19)24-12-4-6-15-13(9-12)14(21-25-15)5-8-17(22)23/h3-4,6-7,9-10H,5,8H2,1-2H3,(H,22,23). The molecule has 1 unspecified atom stereocenters. The Labute approximate surface area is 149 Å². The fourth-order valence-corrected chi connectivity index (χ4v) is 2.64. The number of aryl methyl sites for hydroxylation is 2. The topological polar surface area (TPSA) is 85.5 Å². The number of aromatic nitrogens is 2. The molecule has 0 aliphatic rings. The number of ether oxygens (including phenoxy) is 1. The molecule has 7 heteroatoms. The molecule has 1 N–H and O–H groups in total. The van der Waals surface area contributed by atoms with Gasteiger partial charge in [0.25, 0.3) is 0 Å². The molecule has 25 heavy (non-hydrogen) atoms. The van der Waals surface area contributed by atoms with E-state index >= 15 is 0 Å². The minimum atomic E-state index is -1.14. The molecule has 0 amide bonds. The molecule has 0 saturated heterocycles. The van der Waals surface area contributed by atoms with Gasteiger partial charge in [0.05, 0.1) is 17.8 Å². The molecule has 1 atom stereocenters. The van der Waals surface area contributed by atoms with Gasteiger partial charge in [0, 0.05) is 18.0 Å². The zero-order chi connectivity index (χ0) is 18.0. The van der Waals surface area contributed by atoms with E-state index in [1.807, 2.05) is 19.1 Å². The van der Waals surface area contributed by atoms with Crippen molar-refractivity contribution in [3.8, 4) is 5.75 Å². The van der Waals surface area contributed by atoms with E-state index in [2.05, 4.69) is 10.1 Å². The molecule has 0 fully saturated rings. The highest BCUT2D eigenvalue weighted by Gasteiger charge is 2.27. The third kappa shape index (κ3) is 3.91. The van der Waals surface area contributed by atoms with E-state index in [0.29, 0.717) is 28.1 Å². The van der Waals surface area contributed by atoms with Gasteiger partial charge in [-0.1, -0.05) is 22.8 Å². The summed E-state index contributed by atoms with van der Waals surface area (Å²) in [5.74, 6) is -0.366. The van der Waals surface area contributed by atoms with Crippen LogP contribution in [0.25, 0.3) is 11.0 Å². The number of rotatable bonds is 6. The second kappa shape index (κ2) is 6.72. The molecule has 0 aliphatic carbocycles. The highest BCUT2D eigenvalue weighted by molar-refractivity contribution is 6.22. The molecule has 0 bridgehead atoms. The van der Waals surface area contributed by atoms with Gasteiger partial charge in [-0.05, 0) is 43.7 Å². The summed E-state index contributed by atoms with van der Waals surface area (Å²) in [6, 6.07) is 8.93. The van der Waals surface area contributed by atoms with Crippen LogP contribution >= 0.6 is 11.6 Å². The Morgan fingerprint density at radius 1 is 1.36 bits per heavy atom. The lowest BCUT2D eigenvalue weighted by atomic mass is 10.1. The SMILES string of the molecule is Cc1ccc(C(C)(Cl)Oc2ccc3onc(CCC(=O)O)c3c2)nc1. The van der Waals surface area contributed by atoms with Crippen LogP contribution in [0, 0.1) is 6.92 Å². The maximum atomic E-state index is 10.8. The molecule has 1 aromatic carbocycles. The molecular formula is C18H17ClN2O4. The van der Waals surface area contributed by atoms with E-state index in [-0.39, 0.29) is 12.8 Å². The molecule has 3 rings (SSSR count). The average Bonchev–Trinajstić information content (AvgIpc) is 2.95. The number of fused-ring (bicyclic) bond motifs is 1. The molecule has 130 valence electrons. The van der Waals surface area contributed by atoms with E-state index in [4.69, 9.17) is 26.0 Å². The first-order chi connectivity index (χ1) is 11.8. The second-order valence-electron chi connectivity index (χ2n) is 5.92. The normalized spacial score (nSPS) is 13.6. The lowest BCUT2D eigenvalue weighted by molar-refractivity contribution is -0.136. The number of aliphatic carboxylic acids is 1. The number of hydrogen-bond donors (Lipinski definition) is 1. The predicted octanol–water partition coefficient (Wildman–Crippen LogP) is 4.04. The van der Waals surface area contributed by atoms with Gasteiger partial charge >= 0.3 is 5.97 Å². The number of carboxylic acid groups (broad SMARTS) is 1. The smallest absolute Gasteiger partial charge is 0.303 e. The molecular weight excluding hydrogens is 344 g/mol. The highest BCUT2D eigenvalue weighted by Crippen LogP contribution is 2.33. The van der Waals surface area contributed by atoms with Crippen LogP contribution in [0.5, 0.6) is 5.75 Å². The quantitative estimate of drug-likeness (QED) is 0.668. The van der Waals surface area contributed by atoms with Crippen molar-refractivity contribution in [2.24, 2.45) is 0 Å². The summed E-state index contributed by atoms with van der Waals surface area (Å²) in [5.41, 5.74) is 2.77. The summed E-state index contributed by atoms with van der Waals surface area (Å²) in [4.78, 5) is 15.1. The molecule has 2 heterocycles. The van der Waals surface area contributed by atoms with Gasteiger partial charge in [-0.25, -0.2) is 0 Å². The Kier molecular flexibility index (Phi) is 4.63. The Bertz CT molecular complexity index is 903. The van der Waals surface area contributed by atoms with Crippen LogP contribution in [-0.2, 0) is 16.3 Å². The van der Waals surface area contributed by atoms with E-state index in [0.717, 1.165) is 5.56 Å². The number of alkyl halides is 1. The maximum Gasteiger partial charge on any atom is 0.303 e. The largest absolute Gasteiger partial charge is 0.481 e. The minimum Gasteiger partial charge on any atom is -0.481 e. The number of halogens is 1. The van der Waals surface area contributed by atoms with Gasteiger partial charge in [-0.2, -0.15) is 0 Å². The van der Waals surface area contributed by atoms with Crippen molar-refractivity contribution in [3.63, 3.8) is 0 Å². The number of carboxylic acids is 1. The van der Waals surface area contributed by atoms with Crippen LogP contribution in [-0.4, -0.2) is 21.2 Å². The van der Waals surface area contributed by atoms with Gasteiger partial charge in [-0.3, -0.25) is 9.78 Å². The molecule has 3 aromatic rings. The fourth-order valence-electron chi connectivity index (χ4n) is 2.44. The Hall–Kier alpha value is -2.60. The van der Waals surface area contributed by atoms with Crippen LogP contribution in [0.3, 0.4) is 0 Å². The number of nitrogens with zero attached hydrogens (tertiary/aromatic N) is 2. The Morgan fingerprint density at radius 2 is 2.16 bits per heavy atom. The van der Waals surface area contributed by atoms with E-state index in [9.17, 15) is 4.79 Å². The van der Waals surface area contributed by atoms with E-state index < -0.39 is 11.0 Å². The second-order valence-corrected chi connectivity index (χ2v) is 6.64. The number of carbonyl (C=O) groups is 1. The molecule has 6 nitrogen and oxygen atoms in total. The third-order valence-electron chi connectivity index (χ3n) is 3.77. The highest BCUT2D eigenvalue weighted by atomic mass is 35.5. The molecule has 0 spiro atoms. The zero-order valence-corrected chi connectivity index (χ0v) is 14.6. The monoisotopic (exact) mass is 360 g/mol. The van der Waals surface area contributed by atoms with Crippen LogP contribution in [0.1, 0.15) is 30.3 Å². The van der Waals surface area contributed by atoms with Crippen molar-refractivity contribution in [2.75, 3.05) is 0 Å². The number of benzene rings is 1. The summed E-state index contributed by atoms with van der Waals surface area (Å²) >= 11 is 6.51. The Morgan fingerprint density at radius 3 is 2.84 bits per heavy atom. The minimum absolute atomic E-state index is 0.0206. The van der Waals surface area contributed by atoms with Crippen molar-refractivity contribution in [3.05, 3.63) is 53.5 Å². The first-order valence-electron chi connectivity index (χ1n) is 7.76. The van der Waals surface area contributed by atoms with Crippen LogP contribution < -0.4 is 4.74 Å². The van der Waals surface area contributed by atoms with Gasteiger partial charge in [0.2, 0.25) is 5.06 Å². The lowest BCUT2D eigenvalue weighted by Crippen LogP contribution is -2.23. The van der Waals surface area contributed by atoms with Crippen molar-refractivity contribution in [2.45, 2.75) is 31.7 Å². The maximum absolute atomic E-state index is 10.8. The molecule has 0 saturated carbocycles. The summed E-state index contributed by atoms with van der Waals surface area (Å²) in [7, 11) is 0. The predicted molar refractivity (Wildman–Crippen MR) is 92.8 cm³/mol. The molecule has 0 aliphatic heterocycles. The first-order valence-corrected chi connectivity index (χ1v) is 8.14. The fraction of sp³-hybridized carbons (Fsp3) is 0.278. The average molecular weight is 361 g/mol. The number of hydrogen-bond acceptors (Lipinski definition) is 5. The Balaban J connectivity index is 1.86. The first kappa shape index (κ1) is 17.2. The van der Waals surface area contributed by atoms with E-state index in [1.54, 1.807) is 31.3 Å². The van der Waals surface area contributed by atoms with Crippen molar-refractivity contribution >= 4 is 28.5 Å². The van der Waals surface area contributed by atoms with Gasteiger partial charge in [0.1, 0.15) is 5.75 Å². The number of pyridine rings is 1. The third-order valence-corrected chi connectivity index (χ3v) is 4.04. The molecule has 0 radical (unpaired) electrons. The van der Waals surface area contributed by atoms with Crippen molar-refractivity contribution < 1.29 is 19.2 Å². The van der Waals surface area contributed by atoms with Crippen molar-refractivity contribution in [1.29, 1.82) is 0 Å². The van der Waals surface area contributed by atoms with Gasteiger partial charge in [-0.15, -0.1) is 0 Å². The van der Waals surface area contributed by atoms with Crippen LogP contribution in [0.2, 0.25) is 0 Å². The van der Waals surface area contributed by atoms with Gasteiger partial charge < -0.3 is 14.4 Å². The van der Waals surface area contributed by atoms with Crippen LogP contribution in [0.4, 0.5) is 0 Å². The zero-order valence-electron chi connectivity index (χ0n) is 13.8. The summed E-state index contributed by atoms with van der Waals surface area (Å²) in [6.07, 6.45) is 1.99. The van der Waals surface area contributed by atoms with Gasteiger partial charge in [0.15, 0.2) is 5.58 Å². The van der Waals surface area contributed by atoms with Crippen molar-refractivity contribution in [1.82, 2.24) is 10.1 Å². The summed E-state index contributed by atoms with van der Waals surface area (Å²) in [5, 5.41) is 12.3. The summed E-state index contributed by atoms with van der Waals surface area (Å²) < 4.78 is 11.1. The van der Waals surface area contributed by atoms with Crippen LogP contribution in [0.15, 0.2) is 41.1 Å². The lowest BCUT2D eigenvalue weighted by Gasteiger charge is -2.23.